The lowest BCUT2D eigenvalue weighted by Gasteiger charge is -1.90. The molecule has 0 spiro atoms. The van der Waals surface area contributed by atoms with Gasteiger partial charge in [0.15, 0.2) is 0 Å². The van der Waals surface area contributed by atoms with E-state index in [0.29, 0.717) is 0 Å². The summed E-state index contributed by atoms with van der Waals surface area (Å²) in [5.74, 6) is 0. The number of rotatable bonds is 4. The van der Waals surface area contributed by atoms with Crippen molar-refractivity contribution in [2.45, 2.75) is 46.0 Å². The molecule has 14 heavy (non-hydrogen) atoms. The van der Waals surface area contributed by atoms with Crippen LogP contribution in [0.3, 0.4) is 0 Å². The van der Waals surface area contributed by atoms with Gasteiger partial charge in [-0.3, -0.25) is 0 Å². The van der Waals surface area contributed by atoms with Crippen LogP contribution < -0.4 is 0 Å². The van der Waals surface area contributed by atoms with Crippen LogP contribution in [0.2, 0.25) is 0 Å². The van der Waals surface area contributed by atoms with E-state index in [2.05, 4.69) is 13.8 Å². The van der Waals surface area contributed by atoms with Gasteiger partial charge in [0.05, 0.1) is 12.5 Å². The highest BCUT2D eigenvalue weighted by molar-refractivity contribution is 5.11. The van der Waals surface area contributed by atoms with Crippen LogP contribution >= 0.6 is 0 Å². The molecule has 0 aliphatic carbocycles. The summed E-state index contributed by atoms with van der Waals surface area (Å²) in [6.45, 7) is 4.49. The van der Waals surface area contributed by atoms with Gasteiger partial charge in [-0.1, -0.05) is 58.1 Å². The predicted molar refractivity (Wildman–Crippen MR) is 62.9 cm³/mol. The second-order valence-corrected chi connectivity index (χ2v) is 3.24. The smallest absolute Gasteiger partial charge is 0.0901 e. The van der Waals surface area contributed by atoms with Gasteiger partial charge in [-0.05, 0) is 12.2 Å². The van der Waals surface area contributed by atoms with Crippen LogP contribution in [0.25, 0.3) is 0 Å². The Morgan fingerprint density at radius 3 is 1.64 bits per heavy atom. The Bertz CT molecular complexity index is 160. The third kappa shape index (κ3) is 11.0. The van der Waals surface area contributed by atoms with Gasteiger partial charge in [-0.2, -0.15) is 0 Å². The highest BCUT2D eigenvalue weighted by atomic mass is 16.5. The zero-order valence-electron chi connectivity index (χ0n) is 9.41. The molecule has 80 valence electrons. The summed E-state index contributed by atoms with van der Waals surface area (Å²) in [5, 5.41) is 0. The summed E-state index contributed by atoms with van der Waals surface area (Å²) in [7, 11) is 0. The number of hydrogen-bond donors (Lipinski definition) is 0. The van der Waals surface area contributed by atoms with E-state index in [1.165, 1.54) is 32.1 Å². The summed E-state index contributed by atoms with van der Waals surface area (Å²) >= 11 is 0. The van der Waals surface area contributed by atoms with E-state index in [1.807, 2.05) is 24.3 Å². The Hall–Kier alpha value is -0.980. The Morgan fingerprint density at radius 1 is 0.714 bits per heavy atom. The van der Waals surface area contributed by atoms with Crippen LogP contribution in [0.15, 0.2) is 36.8 Å². The average molecular weight is 194 g/mol. The molecule has 1 heterocycles. The molecule has 0 N–H and O–H groups in total. The molecule has 0 amide bonds. The minimum Gasteiger partial charge on any atom is -0.473 e. The molecule has 0 aromatic rings. The average Bonchev–Trinajstić information content (AvgIpc) is 2.51. The fourth-order valence-electron chi connectivity index (χ4n) is 1.03. The highest BCUT2D eigenvalue weighted by Crippen LogP contribution is 2.00. The van der Waals surface area contributed by atoms with Gasteiger partial charge in [0.25, 0.3) is 0 Å². The van der Waals surface area contributed by atoms with Gasteiger partial charge in [-0.15, -0.1) is 0 Å². The van der Waals surface area contributed by atoms with Crippen molar-refractivity contribution in [1.29, 1.82) is 0 Å². The number of unbranched alkanes of at least 4 members (excludes halogenated alkanes) is 4. The lowest BCUT2D eigenvalue weighted by Crippen LogP contribution is -1.70. The van der Waals surface area contributed by atoms with E-state index in [9.17, 15) is 0 Å². The molecule has 0 saturated heterocycles. The van der Waals surface area contributed by atoms with Crippen LogP contribution in [-0.2, 0) is 4.74 Å². The van der Waals surface area contributed by atoms with E-state index in [4.69, 9.17) is 4.74 Å². The normalized spacial score (nSPS) is 12.7. The lowest BCUT2D eigenvalue weighted by molar-refractivity contribution is 0.404. The molecule has 0 aromatic carbocycles. The van der Waals surface area contributed by atoms with Gasteiger partial charge >= 0.3 is 0 Å². The molecule has 0 saturated carbocycles. The van der Waals surface area contributed by atoms with Crippen molar-refractivity contribution < 1.29 is 4.74 Å². The highest BCUT2D eigenvalue weighted by Gasteiger charge is 1.80. The fourth-order valence-corrected chi connectivity index (χ4v) is 1.03. The number of ether oxygens (including phenoxy) is 1. The second-order valence-electron chi connectivity index (χ2n) is 3.24. The number of allylic oxidation sites excluding steroid dienone is 4. The van der Waals surface area contributed by atoms with E-state index < -0.39 is 0 Å². The maximum atomic E-state index is 4.77. The predicted octanol–water partition coefficient (Wildman–Crippen LogP) is 4.58. The molecule has 1 aliphatic rings. The second kappa shape index (κ2) is 12.0. The van der Waals surface area contributed by atoms with Crippen molar-refractivity contribution in [3.63, 3.8) is 0 Å². The minimum absolute atomic E-state index is 1.36. The van der Waals surface area contributed by atoms with Crippen LogP contribution in [0, 0.1) is 0 Å². The van der Waals surface area contributed by atoms with Crippen LogP contribution in [0.1, 0.15) is 46.0 Å². The Labute approximate surface area is 88.2 Å². The fraction of sp³-hybridized carbons (Fsp3) is 0.538. The van der Waals surface area contributed by atoms with Crippen molar-refractivity contribution in [2.75, 3.05) is 0 Å². The standard InChI is InChI=1S/C7H16.C6H6O/c1-3-5-7-6-4-2;1-2-4-6-7-5-3-1/h3-7H2,1-2H3;1-6H. The topological polar surface area (TPSA) is 9.23 Å². The van der Waals surface area contributed by atoms with Crippen LogP contribution in [-0.4, -0.2) is 0 Å². The van der Waals surface area contributed by atoms with Gasteiger partial charge < -0.3 is 4.74 Å². The first-order valence-electron chi connectivity index (χ1n) is 5.55. The monoisotopic (exact) mass is 194 g/mol. The van der Waals surface area contributed by atoms with Crippen molar-refractivity contribution in [2.24, 2.45) is 0 Å². The van der Waals surface area contributed by atoms with Crippen LogP contribution in [0.5, 0.6) is 0 Å². The maximum absolute atomic E-state index is 4.77. The molecule has 0 unspecified atom stereocenters. The Kier molecular flexibility index (Phi) is 11.2. The molecule has 1 heteroatoms. The van der Waals surface area contributed by atoms with Gasteiger partial charge in [0.2, 0.25) is 0 Å². The van der Waals surface area contributed by atoms with E-state index >= 15 is 0 Å². The van der Waals surface area contributed by atoms with Crippen molar-refractivity contribution in [1.82, 2.24) is 0 Å². The zero-order valence-corrected chi connectivity index (χ0v) is 9.41. The molecule has 1 rings (SSSR count). The third-order valence-corrected chi connectivity index (χ3v) is 1.85. The van der Waals surface area contributed by atoms with Gasteiger partial charge in [0.1, 0.15) is 0 Å². The SMILES string of the molecule is C1=CC=COC=C1.CCCCCCC. The first kappa shape index (κ1) is 13.0. The molecule has 1 nitrogen and oxygen atoms in total. The van der Waals surface area contributed by atoms with Crippen molar-refractivity contribution >= 4 is 0 Å². The van der Waals surface area contributed by atoms with Gasteiger partial charge in [0, 0.05) is 0 Å². The molecule has 1 aliphatic heterocycles. The molecule has 0 aromatic heterocycles. The largest absolute Gasteiger partial charge is 0.473 e. The lowest BCUT2D eigenvalue weighted by atomic mass is 10.2. The summed E-state index contributed by atoms with van der Waals surface area (Å²) < 4.78 is 4.77. The third-order valence-electron chi connectivity index (χ3n) is 1.85. The molecule has 0 atom stereocenters. The number of hydrogen-bond acceptors (Lipinski definition) is 1. The summed E-state index contributed by atoms with van der Waals surface area (Å²) in [6.07, 6.45) is 17.7. The maximum Gasteiger partial charge on any atom is 0.0901 e. The summed E-state index contributed by atoms with van der Waals surface area (Å²) in [4.78, 5) is 0. The van der Waals surface area contributed by atoms with Crippen LogP contribution in [0.4, 0.5) is 0 Å². The van der Waals surface area contributed by atoms with Crippen molar-refractivity contribution in [3.05, 3.63) is 36.8 Å². The summed E-state index contributed by atoms with van der Waals surface area (Å²) in [5.41, 5.74) is 0. The van der Waals surface area contributed by atoms with Gasteiger partial charge in [-0.25, -0.2) is 0 Å². The Morgan fingerprint density at radius 2 is 1.21 bits per heavy atom. The first-order chi connectivity index (χ1) is 6.91. The zero-order chi connectivity index (χ0) is 10.5. The minimum atomic E-state index is 1.36. The molecular formula is C13H22O. The molecule has 0 bridgehead atoms. The van der Waals surface area contributed by atoms with E-state index in [-0.39, 0.29) is 0 Å². The van der Waals surface area contributed by atoms with E-state index in [0.717, 1.165) is 0 Å². The Balaban J connectivity index is 0.000000241. The summed E-state index contributed by atoms with van der Waals surface area (Å²) in [6, 6.07) is 0. The quantitative estimate of drug-likeness (QED) is 0.595. The first-order valence-corrected chi connectivity index (χ1v) is 5.55. The molecule has 0 radical (unpaired) electrons. The van der Waals surface area contributed by atoms with E-state index in [1.54, 1.807) is 12.5 Å². The van der Waals surface area contributed by atoms with Crippen molar-refractivity contribution in [3.8, 4) is 0 Å². The molecule has 0 fully saturated rings. The molecular weight excluding hydrogens is 172 g/mol.